The lowest BCUT2D eigenvalue weighted by Crippen LogP contribution is -2.29. The van der Waals surface area contributed by atoms with Crippen molar-refractivity contribution < 1.29 is 40.4 Å². The molecule has 1 aliphatic rings. The van der Waals surface area contributed by atoms with Gasteiger partial charge in [0.15, 0.2) is 5.65 Å². The van der Waals surface area contributed by atoms with Gasteiger partial charge in [-0.2, -0.15) is 26.8 Å². The van der Waals surface area contributed by atoms with E-state index in [1.165, 1.54) is 42.7 Å². The molecule has 0 atom stereocenters. The number of unbranched alkanes of at least 4 members (excludes halogenated alkanes) is 2. The van der Waals surface area contributed by atoms with Crippen molar-refractivity contribution in [3.8, 4) is 5.88 Å². The summed E-state index contributed by atoms with van der Waals surface area (Å²) in [5.41, 5.74) is 12.5. The number of nitro benzene ring substituents is 1. The normalized spacial score (nSPS) is 14.6. The summed E-state index contributed by atoms with van der Waals surface area (Å²) in [6.07, 6.45) is 14.6. The molecule has 0 spiro atoms. The average Bonchev–Trinajstić information content (AvgIpc) is 3.91. The third kappa shape index (κ3) is 13.8. The molecular weight excluding hydrogens is 999 g/mol. The minimum atomic E-state index is -4.49. The van der Waals surface area contributed by atoms with E-state index >= 15 is 0 Å². The first-order valence-electron chi connectivity index (χ1n) is 24.3. The summed E-state index contributed by atoms with van der Waals surface area (Å²) in [5, 5.41) is 14.1. The first-order chi connectivity index (χ1) is 35.5. The maximum absolute atomic E-state index is 12.9. The number of aryl methyl sites for hydroxylation is 2. The van der Waals surface area contributed by atoms with Gasteiger partial charge in [-0.25, -0.2) is 4.98 Å². The van der Waals surface area contributed by atoms with Gasteiger partial charge in [-0.15, -0.1) is 0 Å². The summed E-state index contributed by atoms with van der Waals surface area (Å²) in [6.45, 7) is 11.3. The summed E-state index contributed by atoms with van der Waals surface area (Å²) in [4.78, 5) is 45.6. The molecule has 1 aliphatic heterocycles. The monoisotopic (exact) mass is 1060 g/mol. The second-order valence-corrected chi connectivity index (χ2v) is 22.1. The van der Waals surface area contributed by atoms with Gasteiger partial charge in [0.1, 0.15) is 12.1 Å². The Labute approximate surface area is 436 Å². The van der Waals surface area contributed by atoms with Crippen molar-refractivity contribution in [2.75, 3.05) is 23.7 Å². The molecule has 394 valence electrons. The van der Waals surface area contributed by atoms with Crippen molar-refractivity contribution in [2.24, 2.45) is 4.99 Å². The molecule has 21 heteroatoms. The minimum absolute atomic E-state index is 0.0105. The molecule has 0 aliphatic carbocycles. The average molecular weight is 1060 g/mol. The standard InChI is InChI=1S/C54H61N9O10S2/c1-36-17-26-41(74(67,68)69)31-43(36)53(2,3)46(56-29-12-13-37-22-24-40(25-23-37)63(65)66)14-8-6-9-15-47-54(4,5)44-32-42(75(70,71)72)27-28-45(44)62(47)30-11-7-10-16-48(64)57-33-38-18-20-39(21-19-38)34-73-51-49-50(59-35-58-49)60-52(55)61-51/h6,8-9,14-15,17-28,31-32,35H,7,10-13,16,29-30,33-34H2,1-5H3,(H,57,64)(H,67,68,69)(H,70,71,72)(H3,55,58,59,60,61)/b9-6+,14-8+,47-15+,56-46?. The van der Waals surface area contributed by atoms with Crippen LogP contribution >= 0.6 is 0 Å². The van der Waals surface area contributed by atoms with Crippen LogP contribution in [0.3, 0.4) is 0 Å². The van der Waals surface area contributed by atoms with Crippen molar-refractivity contribution in [3.05, 3.63) is 171 Å². The molecule has 19 nitrogen and oxygen atoms in total. The number of rotatable bonds is 23. The van der Waals surface area contributed by atoms with Gasteiger partial charge in [0.2, 0.25) is 17.7 Å². The number of benzene rings is 4. The van der Waals surface area contributed by atoms with Crippen molar-refractivity contribution in [1.82, 2.24) is 25.3 Å². The second-order valence-electron chi connectivity index (χ2n) is 19.3. The van der Waals surface area contributed by atoms with E-state index in [1.807, 2.05) is 89.3 Å². The Bertz CT molecular complexity index is 3420. The van der Waals surface area contributed by atoms with E-state index in [4.69, 9.17) is 15.5 Å². The predicted molar refractivity (Wildman–Crippen MR) is 288 cm³/mol. The molecule has 75 heavy (non-hydrogen) atoms. The van der Waals surface area contributed by atoms with Crippen molar-refractivity contribution >= 4 is 60.3 Å². The van der Waals surface area contributed by atoms with E-state index in [1.54, 1.807) is 24.3 Å². The summed E-state index contributed by atoms with van der Waals surface area (Å²) in [7, 11) is -8.97. The third-order valence-corrected chi connectivity index (χ3v) is 14.9. The zero-order valence-electron chi connectivity index (χ0n) is 42.4. The number of allylic oxidation sites excluding steroid dienone is 6. The fraction of sp³-hybridized carbons (Fsp3) is 0.315. The van der Waals surface area contributed by atoms with E-state index in [0.717, 1.165) is 52.0 Å². The molecule has 3 heterocycles. The highest BCUT2D eigenvalue weighted by Gasteiger charge is 2.40. The molecule has 0 saturated carbocycles. The topological polar surface area (TPSA) is 286 Å². The number of ether oxygens (including phenoxy) is 1. The van der Waals surface area contributed by atoms with Gasteiger partial charge < -0.3 is 25.7 Å². The first-order valence-corrected chi connectivity index (χ1v) is 27.2. The number of carbonyl (C=O) groups is 1. The molecular formula is C54H61N9O10S2. The van der Waals surface area contributed by atoms with Crippen molar-refractivity contribution in [3.63, 3.8) is 0 Å². The van der Waals surface area contributed by atoms with Crippen LogP contribution in [0.1, 0.15) is 93.2 Å². The van der Waals surface area contributed by atoms with Gasteiger partial charge in [0, 0.05) is 66.1 Å². The summed E-state index contributed by atoms with van der Waals surface area (Å²) in [5.74, 6) is 0.295. The van der Waals surface area contributed by atoms with Crippen LogP contribution in [0.15, 0.2) is 142 Å². The quantitative estimate of drug-likeness (QED) is 0.00998. The molecule has 0 bridgehead atoms. The number of anilines is 2. The fourth-order valence-corrected chi connectivity index (χ4v) is 10.1. The van der Waals surface area contributed by atoms with Gasteiger partial charge in [0.25, 0.3) is 25.9 Å². The number of nitrogens with one attached hydrogen (secondary N) is 2. The lowest BCUT2D eigenvalue weighted by molar-refractivity contribution is -0.384. The van der Waals surface area contributed by atoms with Gasteiger partial charge in [-0.3, -0.25) is 29.0 Å². The number of non-ortho nitro benzene ring substituents is 1. The molecule has 1 amide bonds. The Hall–Kier alpha value is -7.59. The van der Waals surface area contributed by atoms with Crippen LogP contribution in [-0.2, 0) is 55.4 Å². The van der Waals surface area contributed by atoms with Gasteiger partial charge >= 0.3 is 0 Å². The van der Waals surface area contributed by atoms with E-state index in [0.29, 0.717) is 73.6 Å². The number of nitrogens with two attached hydrogens (primary N) is 1. The summed E-state index contributed by atoms with van der Waals surface area (Å²) in [6, 6.07) is 23.1. The number of nitrogens with zero attached hydrogens (tertiary/aromatic N) is 6. The highest BCUT2D eigenvalue weighted by molar-refractivity contribution is 7.86. The Morgan fingerprint density at radius 1 is 0.893 bits per heavy atom. The number of carbonyl (C=O) groups excluding carboxylic acids is 1. The van der Waals surface area contributed by atoms with Crippen molar-refractivity contribution in [2.45, 2.75) is 107 Å². The molecule has 0 radical (unpaired) electrons. The highest BCUT2D eigenvalue weighted by Crippen LogP contribution is 2.48. The number of nitrogen functional groups attached to an aromatic ring is 1. The molecule has 2 aromatic heterocycles. The largest absolute Gasteiger partial charge is 0.471 e. The summed E-state index contributed by atoms with van der Waals surface area (Å²) >= 11 is 0. The van der Waals surface area contributed by atoms with Crippen molar-refractivity contribution in [1.29, 1.82) is 0 Å². The van der Waals surface area contributed by atoms with Crippen LogP contribution in [-0.4, -0.2) is 75.5 Å². The van der Waals surface area contributed by atoms with Crippen LogP contribution in [0.2, 0.25) is 0 Å². The molecule has 0 unspecified atom stereocenters. The number of hydrogen-bond donors (Lipinski definition) is 5. The smallest absolute Gasteiger partial charge is 0.294 e. The molecule has 4 aromatic carbocycles. The number of fused-ring (bicyclic) bond motifs is 2. The van der Waals surface area contributed by atoms with Crippen LogP contribution in [0.4, 0.5) is 17.3 Å². The number of hydrogen-bond acceptors (Lipinski definition) is 14. The van der Waals surface area contributed by atoms with Gasteiger partial charge in [-0.1, -0.05) is 94.8 Å². The number of aliphatic imine (C=N–C) groups is 1. The van der Waals surface area contributed by atoms with Crippen LogP contribution in [0, 0.1) is 17.0 Å². The van der Waals surface area contributed by atoms with E-state index in [-0.39, 0.29) is 33.9 Å². The number of aromatic amines is 1. The first kappa shape index (κ1) is 55.2. The Balaban J connectivity index is 1.00. The van der Waals surface area contributed by atoms with Gasteiger partial charge in [-0.05, 0) is 108 Å². The molecule has 6 N–H and O–H groups in total. The number of amides is 1. The van der Waals surface area contributed by atoms with E-state index < -0.39 is 36.0 Å². The Morgan fingerprint density at radius 3 is 2.28 bits per heavy atom. The highest BCUT2D eigenvalue weighted by atomic mass is 32.2. The molecule has 0 fully saturated rings. The molecule has 0 saturated heterocycles. The van der Waals surface area contributed by atoms with Crippen LogP contribution in [0.25, 0.3) is 11.2 Å². The maximum Gasteiger partial charge on any atom is 0.294 e. The van der Waals surface area contributed by atoms with E-state index in [9.17, 15) is 40.8 Å². The summed E-state index contributed by atoms with van der Waals surface area (Å²) < 4.78 is 74.6. The number of H-pyrrole nitrogens is 1. The predicted octanol–water partition coefficient (Wildman–Crippen LogP) is 9.25. The maximum atomic E-state index is 12.9. The van der Waals surface area contributed by atoms with Gasteiger partial charge in [0.05, 0.1) is 21.0 Å². The lowest BCUT2D eigenvalue weighted by Gasteiger charge is -2.28. The third-order valence-electron chi connectivity index (χ3n) is 13.2. The molecule has 7 rings (SSSR count). The second kappa shape index (κ2) is 23.3. The zero-order chi connectivity index (χ0) is 54.1. The van der Waals surface area contributed by atoms with E-state index in [2.05, 4.69) is 30.2 Å². The molecule has 6 aromatic rings. The minimum Gasteiger partial charge on any atom is -0.471 e. The number of nitro groups is 1. The Kier molecular flexibility index (Phi) is 17.1. The fourth-order valence-electron chi connectivity index (χ4n) is 9.07. The Morgan fingerprint density at radius 2 is 1.57 bits per heavy atom. The lowest BCUT2D eigenvalue weighted by atomic mass is 9.77. The SMILES string of the molecule is Cc1ccc(S(=O)(=O)O)cc1C(C)(C)C(/C=C/C=C/C=C1/N(CCCCCC(=O)NCc2ccc(COc3nc(N)nc4nc[nH]c34)cc2)c2ccc(S(=O)(=O)O)cc2C1(C)C)=NCCCc1ccc([N+](=O)[O-])cc1. The number of imidazole rings is 1. The zero-order valence-corrected chi connectivity index (χ0v) is 44.0. The number of aromatic nitrogens is 4. The van der Waals surface area contributed by atoms with Crippen LogP contribution < -0.4 is 20.7 Å². The van der Waals surface area contributed by atoms with Crippen LogP contribution in [0.5, 0.6) is 5.88 Å².